The first-order chi connectivity index (χ1) is 15.3. The highest BCUT2D eigenvalue weighted by Gasteiger charge is 2.24. The molecule has 1 aliphatic rings. The van der Waals surface area contributed by atoms with Gasteiger partial charge in [0.05, 0.1) is 18.8 Å². The van der Waals surface area contributed by atoms with E-state index in [1.165, 1.54) is 19.3 Å². The molecule has 1 atom stereocenters. The highest BCUT2D eigenvalue weighted by atomic mass is 127. The maximum Gasteiger partial charge on any atom is 0.191 e. The maximum absolute atomic E-state index is 5.76. The van der Waals surface area contributed by atoms with Crippen molar-refractivity contribution in [1.29, 1.82) is 0 Å². The fourth-order valence-corrected chi connectivity index (χ4v) is 3.91. The zero-order valence-electron chi connectivity index (χ0n) is 18.5. The van der Waals surface area contributed by atoms with Crippen molar-refractivity contribution in [3.05, 3.63) is 66.5 Å². The highest BCUT2D eigenvalue weighted by Crippen LogP contribution is 2.24. The Kier molecular flexibility index (Phi) is 9.54. The van der Waals surface area contributed by atoms with Gasteiger partial charge in [0, 0.05) is 31.7 Å². The van der Waals surface area contributed by atoms with Gasteiger partial charge in [-0.05, 0) is 68.8 Å². The van der Waals surface area contributed by atoms with E-state index in [1.807, 2.05) is 30.5 Å². The molecule has 8 nitrogen and oxygen atoms in total. The van der Waals surface area contributed by atoms with Crippen molar-refractivity contribution in [2.75, 3.05) is 26.2 Å². The molecule has 3 aromatic rings. The van der Waals surface area contributed by atoms with Crippen LogP contribution in [0.15, 0.2) is 64.6 Å². The first-order valence-corrected chi connectivity index (χ1v) is 11.1. The summed E-state index contributed by atoms with van der Waals surface area (Å²) in [6.07, 6.45) is 11.0. The van der Waals surface area contributed by atoms with Crippen molar-refractivity contribution < 1.29 is 4.42 Å². The quantitative estimate of drug-likeness (QED) is 0.253. The van der Waals surface area contributed by atoms with Crippen LogP contribution < -0.4 is 10.6 Å². The third kappa shape index (κ3) is 6.55. The number of halogens is 1. The van der Waals surface area contributed by atoms with Gasteiger partial charge in [-0.2, -0.15) is 5.10 Å². The van der Waals surface area contributed by atoms with Crippen molar-refractivity contribution in [1.82, 2.24) is 30.3 Å². The van der Waals surface area contributed by atoms with E-state index in [0.717, 1.165) is 49.3 Å². The second-order valence-electron chi connectivity index (χ2n) is 7.68. The Morgan fingerprint density at radius 2 is 2.03 bits per heavy atom. The Morgan fingerprint density at radius 3 is 2.75 bits per heavy atom. The molecule has 1 fully saturated rings. The SMILES string of the molecule is CCNC(=NCc1ccnc(-n2cccn2)c1)NCC(c1ccco1)N1CCCCC1.I. The third-order valence-corrected chi connectivity index (χ3v) is 5.48. The summed E-state index contributed by atoms with van der Waals surface area (Å²) in [6.45, 7) is 6.39. The van der Waals surface area contributed by atoms with Crippen molar-refractivity contribution in [2.45, 2.75) is 38.8 Å². The van der Waals surface area contributed by atoms with Crippen LogP contribution in [0.3, 0.4) is 0 Å². The van der Waals surface area contributed by atoms with E-state index in [2.05, 4.69) is 38.6 Å². The number of aromatic nitrogens is 3. The summed E-state index contributed by atoms with van der Waals surface area (Å²) in [5.41, 5.74) is 1.08. The molecule has 32 heavy (non-hydrogen) atoms. The molecule has 4 rings (SSSR count). The van der Waals surface area contributed by atoms with Crippen LogP contribution in [0.25, 0.3) is 5.82 Å². The van der Waals surface area contributed by atoms with E-state index in [4.69, 9.17) is 9.41 Å². The Hall–Kier alpha value is -2.40. The minimum absolute atomic E-state index is 0. The normalized spacial score (nSPS) is 15.7. The largest absolute Gasteiger partial charge is 0.468 e. The van der Waals surface area contributed by atoms with Gasteiger partial charge >= 0.3 is 0 Å². The molecule has 4 heterocycles. The number of guanidine groups is 1. The summed E-state index contributed by atoms with van der Waals surface area (Å²) < 4.78 is 7.52. The second-order valence-corrected chi connectivity index (χ2v) is 7.68. The Morgan fingerprint density at radius 1 is 1.16 bits per heavy atom. The fraction of sp³-hybridized carbons (Fsp3) is 0.435. The molecule has 0 bridgehead atoms. The minimum Gasteiger partial charge on any atom is -0.468 e. The molecule has 1 aliphatic heterocycles. The van der Waals surface area contributed by atoms with Gasteiger partial charge in [-0.3, -0.25) is 4.90 Å². The maximum atomic E-state index is 5.76. The van der Waals surface area contributed by atoms with Crippen molar-refractivity contribution in [3.8, 4) is 5.82 Å². The van der Waals surface area contributed by atoms with Gasteiger partial charge in [0.1, 0.15) is 5.76 Å². The van der Waals surface area contributed by atoms with Crippen LogP contribution in [-0.4, -0.2) is 51.8 Å². The van der Waals surface area contributed by atoms with Crippen LogP contribution >= 0.6 is 24.0 Å². The molecule has 2 N–H and O–H groups in total. The molecule has 3 aromatic heterocycles. The zero-order valence-corrected chi connectivity index (χ0v) is 20.8. The van der Waals surface area contributed by atoms with Crippen LogP contribution in [0.4, 0.5) is 0 Å². The predicted molar refractivity (Wildman–Crippen MR) is 136 cm³/mol. The lowest BCUT2D eigenvalue weighted by atomic mass is 10.1. The first-order valence-electron chi connectivity index (χ1n) is 11.1. The lowest BCUT2D eigenvalue weighted by Gasteiger charge is -2.33. The summed E-state index contributed by atoms with van der Waals surface area (Å²) in [6, 6.07) is 10.1. The van der Waals surface area contributed by atoms with E-state index in [-0.39, 0.29) is 30.0 Å². The number of piperidine rings is 1. The lowest BCUT2D eigenvalue weighted by Crippen LogP contribution is -2.44. The van der Waals surface area contributed by atoms with Gasteiger partial charge in [0.15, 0.2) is 11.8 Å². The highest BCUT2D eigenvalue weighted by molar-refractivity contribution is 14.0. The van der Waals surface area contributed by atoms with Crippen LogP contribution in [0.5, 0.6) is 0 Å². The predicted octanol–water partition coefficient (Wildman–Crippen LogP) is 3.76. The molecular formula is C23H32IN7O. The van der Waals surface area contributed by atoms with Crippen molar-refractivity contribution in [2.24, 2.45) is 4.99 Å². The topological polar surface area (TPSA) is 83.5 Å². The molecule has 0 spiro atoms. The number of hydrogen-bond donors (Lipinski definition) is 2. The number of hydrogen-bond acceptors (Lipinski definition) is 5. The molecule has 0 radical (unpaired) electrons. The Bertz CT molecular complexity index is 937. The second kappa shape index (κ2) is 12.6. The Balaban J connectivity index is 0.00000289. The number of aliphatic imine (C=N–C) groups is 1. The average molecular weight is 549 g/mol. The number of nitrogens with one attached hydrogen (secondary N) is 2. The fourth-order valence-electron chi connectivity index (χ4n) is 3.91. The van der Waals surface area contributed by atoms with Gasteiger partial charge in [-0.1, -0.05) is 6.42 Å². The molecule has 0 aromatic carbocycles. The summed E-state index contributed by atoms with van der Waals surface area (Å²) in [4.78, 5) is 11.7. The number of furan rings is 1. The Labute approximate surface area is 206 Å². The summed E-state index contributed by atoms with van der Waals surface area (Å²) >= 11 is 0. The van der Waals surface area contributed by atoms with E-state index < -0.39 is 0 Å². The van der Waals surface area contributed by atoms with Crippen molar-refractivity contribution in [3.63, 3.8) is 0 Å². The van der Waals surface area contributed by atoms with Gasteiger partial charge in [0.25, 0.3) is 0 Å². The van der Waals surface area contributed by atoms with E-state index >= 15 is 0 Å². The standard InChI is InChI=1S/C23H31N7O.HI/c1-2-24-23(26-17-19-9-11-25-22(16-19)30-14-7-10-28-30)27-18-20(21-8-6-15-31-21)29-12-4-3-5-13-29;/h6-11,14-16,20H,2-5,12-13,17-18H2,1H3,(H2,24,26,27);1H. The van der Waals surface area contributed by atoms with E-state index in [9.17, 15) is 0 Å². The average Bonchev–Trinajstić information content (AvgIpc) is 3.53. The summed E-state index contributed by atoms with van der Waals surface area (Å²) in [7, 11) is 0. The molecule has 0 aliphatic carbocycles. The molecule has 0 saturated carbocycles. The minimum atomic E-state index is 0. The third-order valence-electron chi connectivity index (χ3n) is 5.48. The van der Waals surface area contributed by atoms with E-state index in [0.29, 0.717) is 6.54 Å². The van der Waals surface area contributed by atoms with Gasteiger partial charge in [-0.25, -0.2) is 14.7 Å². The van der Waals surface area contributed by atoms with E-state index in [1.54, 1.807) is 23.3 Å². The summed E-state index contributed by atoms with van der Waals surface area (Å²) in [5, 5.41) is 11.1. The number of pyridine rings is 1. The van der Waals surface area contributed by atoms with Gasteiger partial charge in [0.2, 0.25) is 0 Å². The van der Waals surface area contributed by atoms with Gasteiger partial charge < -0.3 is 15.1 Å². The first kappa shape index (κ1) is 24.2. The molecule has 172 valence electrons. The lowest BCUT2D eigenvalue weighted by molar-refractivity contribution is 0.146. The van der Waals surface area contributed by atoms with Crippen LogP contribution in [-0.2, 0) is 6.54 Å². The molecule has 1 saturated heterocycles. The molecule has 1 unspecified atom stereocenters. The molecule has 9 heteroatoms. The molecular weight excluding hydrogens is 517 g/mol. The summed E-state index contributed by atoms with van der Waals surface area (Å²) in [5.74, 6) is 2.59. The van der Waals surface area contributed by atoms with Crippen molar-refractivity contribution >= 4 is 29.9 Å². The number of rotatable bonds is 8. The van der Waals surface area contributed by atoms with Crippen LogP contribution in [0.1, 0.15) is 43.6 Å². The monoisotopic (exact) mass is 549 g/mol. The number of nitrogens with zero attached hydrogens (tertiary/aromatic N) is 5. The molecule has 0 amide bonds. The number of likely N-dealkylation sites (tertiary alicyclic amines) is 1. The zero-order chi connectivity index (χ0) is 21.3. The van der Waals surface area contributed by atoms with Crippen LogP contribution in [0.2, 0.25) is 0 Å². The smallest absolute Gasteiger partial charge is 0.191 e. The van der Waals surface area contributed by atoms with Crippen LogP contribution in [0, 0.1) is 0 Å². The van der Waals surface area contributed by atoms with Gasteiger partial charge in [-0.15, -0.1) is 24.0 Å².